The van der Waals surface area contributed by atoms with Gasteiger partial charge in [0, 0.05) is 13.0 Å². The number of rotatable bonds is 2. The van der Waals surface area contributed by atoms with Crippen LogP contribution >= 0.6 is 0 Å². The fourth-order valence-electron chi connectivity index (χ4n) is 2.48. The maximum atomic E-state index is 12.4. The quantitative estimate of drug-likeness (QED) is 0.613. The van der Waals surface area contributed by atoms with Crippen molar-refractivity contribution in [3.8, 4) is 0 Å². The standard InChI is InChI=1S/C12H17N3O4/c1-2-8-11(18)14-10(17)6-15(8)12(19)7-3-4-9(16)13-5-7/h7-8H,2-6H2,1H3,(H,13,16)(H,14,17,18). The lowest BCUT2D eigenvalue weighted by Crippen LogP contribution is -2.61. The first-order valence-electron chi connectivity index (χ1n) is 6.43. The number of hydrogen-bond donors (Lipinski definition) is 2. The molecule has 0 saturated carbocycles. The van der Waals surface area contributed by atoms with E-state index in [1.54, 1.807) is 6.92 Å². The third kappa shape index (κ3) is 2.74. The number of carbonyl (C=O) groups excluding carboxylic acids is 4. The molecule has 2 rings (SSSR count). The monoisotopic (exact) mass is 267 g/mol. The minimum atomic E-state index is -0.595. The van der Waals surface area contributed by atoms with Gasteiger partial charge in [0.15, 0.2) is 0 Å². The molecule has 19 heavy (non-hydrogen) atoms. The summed E-state index contributed by atoms with van der Waals surface area (Å²) in [6.07, 6.45) is 1.23. The van der Waals surface area contributed by atoms with Gasteiger partial charge in [-0.1, -0.05) is 6.92 Å². The Morgan fingerprint density at radius 1 is 1.32 bits per heavy atom. The minimum Gasteiger partial charge on any atom is -0.355 e. The topological polar surface area (TPSA) is 95.6 Å². The number of imide groups is 1. The van der Waals surface area contributed by atoms with Gasteiger partial charge in [-0.15, -0.1) is 0 Å². The molecule has 7 heteroatoms. The maximum Gasteiger partial charge on any atom is 0.249 e. The van der Waals surface area contributed by atoms with E-state index in [1.807, 2.05) is 0 Å². The van der Waals surface area contributed by atoms with Crippen molar-refractivity contribution in [2.75, 3.05) is 13.1 Å². The predicted octanol–water partition coefficient (Wildman–Crippen LogP) is -1.22. The molecule has 0 bridgehead atoms. The van der Waals surface area contributed by atoms with Crippen molar-refractivity contribution in [3.63, 3.8) is 0 Å². The summed E-state index contributed by atoms with van der Waals surface area (Å²) in [5.41, 5.74) is 0. The summed E-state index contributed by atoms with van der Waals surface area (Å²) < 4.78 is 0. The smallest absolute Gasteiger partial charge is 0.249 e. The summed E-state index contributed by atoms with van der Waals surface area (Å²) >= 11 is 0. The lowest BCUT2D eigenvalue weighted by atomic mass is 9.96. The number of piperazine rings is 1. The Morgan fingerprint density at radius 3 is 2.63 bits per heavy atom. The van der Waals surface area contributed by atoms with Gasteiger partial charge in [0.1, 0.15) is 12.6 Å². The molecule has 7 nitrogen and oxygen atoms in total. The van der Waals surface area contributed by atoms with E-state index in [1.165, 1.54) is 4.90 Å². The third-order valence-corrected chi connectivity index (χ3v) is 3.54. The van der Waals surface area contributed by atoms with Crippen molar-refractivity contribution in [1.29, 1.82) is 0 Å². The van der Waals surface area contributed by atoms with Crippen LogP contribution < -0.4 is 10.6 Å². The van der Waals surface area contributed by atoms with Crippen molar-refractivity contribution in [3.05, 3.63) is 0 Å². The molecule has 0 radical (unpaired) electrons. The fraction of sp³-hybridized carbons (Fsp3) is 0.667. The van der Waals surface area contributed by atoms with E-state index in [0.717, 1.165) is 0 Å². The number of hydrogen-bond acceptors (Lipinski definition) is 4. The van der Waals surface area contributed by atoms with E-state index in [2.05, 4.69) is 10.6 Å². The second-order valence-corrected chi connectivity index (χ2v) is 4.84. The highest BCUT2D eigenvalue weighted by Gasteiger charge is 2.38. The molecule has 2 saturated heterocycles. The molecule has 2 heterocycles. The van der Waals surface area contributed by atoms with Crippen LogP contribution in [0.1, 0.15) is 26.2 Å². The Morgan fingerprint density at radius 2 is 2.05 bits per heavy atom. The molecule has 2 atom stereocenters. The molecule has 104 valence electrons. The summed E-state index contributed by atoms with van der Waals surface area (Å²) in [6.45, 7) is 1.98. The van der Waals surface area contributed by atoms with Crippen LogP contribution in [0.25, 0.3) is 0 Å². The number of nitrogens with zero attached hydrogens (tertiary/aromatic N) is 1. The number of amides is 4. The van der Waals surface area contributed by atoms with Crippen LogP contribution in [0.15, 0.2) is 0 Å². The molecular weight excluding hydrogens is 250 g/mol. The van der Waals surface area contributed by atoms with Gasteiger partial charge in [-0.05, 0) is 12.8 Å². The minimum absolute atomic E-state index is 0.0662. The Bertz CT molecular complexity index is 425. The Hall–Kier alpha value is -1.92. The molecule has 2 N–H and O–H groups in total. The second-order valence-electron chi connectivity index (χ2n) is 4.84. The highest BCUT2D eigenvalue weighted by molar-refractivity contribution is 6.04. The lowest BCUT2D eigenvalue weighted by Gasteiger charge is -2.36. The molecule has 0 aromatic rings. The molecule has 4 amide bonds. The van der Waals surface area contributed by atoms with E-state index in [-0.39, 0.29) is 30.8 Å². The van der Waals surface area contributed by atoms with E-state index in [9.17, 15) is 19.2 Å². The molecule has 0 aromatic carbocycles. The van der Waals surface area contributed by atoms with Gasteiger partial charge in [-0.2, -0.15) is 0 Å². The van der Waals surface area contributed by atoms with Gasteiger partial charge in [-0.25, -0.2) is 0 Å². The van der Waals surface area contributed by atoms with E-state index in [4.69, 9.17) is 0 Å². The van der Waals surface area contributed by atoms with Gasteiger partial charge in [0.2, 0.25) is 23.6 Å². The molecule has 2 fully saturated rings. The average Bonchev–Trinajstić information content (AvgIpc) is 2.38. The summed E-state index contributed by atoms with van der Waals surface area (Å²) in [5.74, 6) is -1.51. The normalized spacial score (nSPS) is 27.8. The average molecular weight is 267 g/mol. The summed E-state index contributed by atoms with van der Waals surface area (Å²) in [7, 11) is 0. The lowest BCUT2D eigenvalue weighted by molar-refractivity contribution is -0.153. The van der Waals surface area contributed by atoms with Crippen LogP contribution in [0.5, 0.6) is 0 Å². The highest BCUT2D eigenvalue weighted by Crippen LogP contribution is 2.18. The Balaban J connectivity index is 2.09. The van der Waals surface area contributed by atoms with Gasteiger partial charge >= 0.3 is 0 Å². The van der Waals surface area contributed by atoms with Crippen molar-refractivity contribution in [2.24, 2.45) is 5.92 Å². The number of nitrogens with one attached hydrogen (secondary N) is 2. The fourth-order valence-corrected chi connectivity index (χ4v) is 2.48. The largest absolute Gasteiger partial charge is 0.355 e. The SMILES string of the molecule is CCC1C(=O)NC(=O)CN1C(=O)C1CCC(=O)NC1. The van der Waals surface area contributed by atoms with E-state index in [0.29, 0.717) is 19.3 Å². The van der Waals surface area contributed by atoms with Crippen LogP contribution in [0.2, 0.25) is 0 Å². The second kappa shape index (κ2) is 5.38. The van der Waals surface area contributed by atoms with Gasteiger partial charge in [-0.3, -0.25) is 24.5 Å². The van der Waals surface area contributed by atoms with Crippen molar-refractivity contribution in [1.82, 2.24) is 15.5 Å². The summed E-state index contributed by atoms with van der Waals surface area (Å²) in [5, 5.41) is 4.87. The van der Waals surface area contributed by atoms with Gasteiger partial charge in [0.25, 0.3) is 0 Å². The zero-order valence-corrected chi connectivity index (χ0v) is 10.8. The molecule has 0 spiro atoms. The van der Waals surface area contributed by atoms with Crippen LogP contribution in [0, 0.1) is 5.92 Å². The van der Waals surface area contributed by atoms with E-state index < -0.39 is 17.9 Å². The van der Waals surface area contributed by atoms with Crippen LogP contribution in [0.4, 0.5) is 0 Å². The molecule has 0 aromatic heterocycles. The van der Waals surface area contributed by atoms with Crippen molar-refractivity contribution in [2.45, 2.75) is 32.2 Å². The van der Waals surface area contributed by atoms with Crippen LogP contribution in [-0.2, 0) is 19.2 Å². The molecule has 2 aliphatic heterocycles. The van der Waals surface area contributed by atoms with E-state index >= 15 is 0 Å². The Labute approximate surface area is 110 Å². The summed E-state index contributed by atoms with van der Waals surface area (Å²) in [6, 6.07) is -0.595. The van der Waals surface area contributed by atoms with Gasteiger partial charge in [0.05, 0.1) is 5.92 Å². The zero-order valence-electron chi connectivity index (χ0n) is 10.8. The Kier molecular flexibility index (Phi) is 3.82. The van der Waals surface area contributed by atoms with Crippen LogP contribution in [0.3, 0.4) is 0 Å². The number of piperidine rings is 1. The first-order valence-corrected chi connectivity index (χ1v) is 6.43. The molecule has 2 aliphatic rings. The van der Waals surface area contributed by atoms with Gasteiger partial charge < -0.3 is 10.2 Å². The summed E-state index contributed by atoms with van der Waals surface area (Å²) in [4.78, 5) is 47.9. The maximum absolute atomic E-state index is 12.4. The first-order chi connectivity index (χ1) is 9.02. The van der Waals surface area contributed by atoms with Crippen molar-refractivity contribution < 1.29 is 19.2 Å². The van der Waals surface area contributed by atoms with Crippen molar-refractivity contribution >= 4 is 23.6 Å². The molecular formula is C12H17N3O4. The third-order valence-electron chi connectivity index (χ3n) is 3.54. The first kappa shape index (κ1) is 13.5. The zero-order chi connectivity index (χ0) is 14.0. The predicted molar refractivity (Wildman–Crippen MR) is 64.7 cm³/mol. The van der Waals surface area contributed by atoms with Crippen LogP contribution in [-0.4, -0.2) is 47.7 Å². The molecule has 2 unspecified atom stereocenters. The number of carbonyl (C=O) groups is 4. The molecule has 0 aliphatic carbocycles. The highest BCUT2D eigenvalue weighted by atomic mass is 16.2.